The first-order valence-corrected chi connectivity index (χ1v) is 6.85. The fraction of sp³-hybridized carbons (Fsp3) is 0.467. The molecular weight excluding hydrogens is 256 g/mol. The van der Waals surface area contributed by atoms with E-state index in [1.807, 2.05) is 0 Å². The van der Waals surface area contributed by atoms with Gasteiger partial charge < -0.3 is 15.4 Å². The van der Waals surface area contributed by atoms with Gasteiger partial charge in [-0.05, 0) is 37.4 Å². The van der Waals surface area contributed by atoms with Crippen LogP contribution >= 0.6 is 0 Å². The molecule has 1 fully saturated rings. The number of carbonyl (C=O) groups excluding carboxylic acids is 2. The van der Waals surface area contributed by atoms with E-state index in [0.29, 0.717) is 11.3 Å². The average Bonchev–Trinajstić information content (AvgIpc) is 2.47. The number of hydrogen-bond acceptors (Lipinski definition) is 4. The number of benzene rings is 1. The summed E-state index contributed by atoms with van der Waals surface area (Å²) in [5.41, 5.74) is 0.857. The molecule has 1 aromatic carbocycles. The van der Waals surface area contributed by atoms with Gasteiger partial charge in [0.2, 0.25) is 5.91 Å². The summed E-state index contributed by atoms with van der Waals surface area (Å²) in [6.45, 7) is 2.91. The van der Waals surface area contributed by atoms with Crippen LogP contribution < -0.4 is 10.6 Å². The van der Waals surface area contributed by atoms with E-state index in [0.717, 1.165) is 19.4 Å². The van der Waals surface area contributed by atoms with Gasteiger partial charge in [0.15, 0.2) is 0 Å². The van der Waals surface area contributed by atoms with E-state index >= 15 is 0 Å². The Labute approximate surface area is 118 Å². The molecule has 20 heavy (non-hydrogen) atoms. The van der Waals surface area contributed by atoms with Crippen molar-refractivity contribution in [3.8, 4) is 0 Å². The second-order valence-corrected chi connectivity index (χ2v) is 5.08. The molecule has 0 aromatic heterocycles. The van der Waals surface area contributed by atoms with E-state index in [1.165, 1.54) is 7.11 Å². The predicted octanol–water partition coefficient (Wildman–Crippen LogP) is 1.80. The van der Waals surface area contributed by atoms with Crippen LogP contribution in [0, 0.1) is 5.92 Å². The summed E-state index contributed by atoms with van der Waals surface area (Å²) in [5.74, 6) is -0.270. The second-order valence-electron chi connectivity index (χ2n) is 5.08. The third-order valence-corrected chi connectivity index (χ3v) is 3.64. The zero-order chi connectivity index (χ0) is 14.5. The third-order valence-electron chi connectivity index (χ3n) is 3.64. The van der Waals surface area contributed by atoms with Crippen molar-refractivity contribution < 1.29 is 14.3 Å². The number of methoxy groups -OCH3 is 1. The van der Waals surface area contributed by atoms with Gasteiger partial charge in [-0.25, -0.2) is 4.79 Å². The maximum Gasteiger partial charge on any atom is 0.339 e. The minimum Gasteiger partial charge on any atom is -0.465 e. The van der Waals surface area contributed by atoms with E-state index in [2.05, 4.69) is 17.6 Å². The summed E-state index contributed by atoms with van der Waals surface area (Å²) >= 11 is 0. The van der Waals surface area contributed by atoms with Crippen LogP contribution in [0.5, 0.6) is 0 Å². The van der Waals surface area contributed by atoms with E-state index in [-0.39, 0.29) is 17.9 Å². The van der Waals surface area contributed by atoms with Crippen molar-refractivity contribution in [2.75, 3.05) is 19.0 Å². The fourth-order valence-electron chi connectivity index (χ4n) is 2.49. The number of rotatable bonds is 3. The number of anilines is 1. The van der Waals surface area contributed by atoms with Crippen molar-refractivity contribution >= 4 is 17.6 Å². The summed E-state index contributed by atoms with van der Waals surface area (Å²) < 4.78 is 4.72. The van der Waals surface area contributed by atoms with Gasteiger partial charge in [0.1, 0.15) is 0 Å². The Kier molecular flexibility index (Phi) is 4.74. The van der Waals surface area contributed by atoms with Crippen LogP contribution in [-0.2, 0) is 9.53 Å². The normalized spacial score (nSPS) is 22.1. The molecule has 0 saturated carbocycles. The molecule has 0 spiro atoms. The maximum absolute atomic E-state index is 12.3. The Bertz CT molecular complexity index is 502. The molecule has 108 valence electrons. The maximum atomic E-state index is 12.3. The summed E-state index contributed by atoms with van der Waals surface area (Å²) in [6, 6.07) is 6.65. The Balaban J connectivity index is 2.13. The molecule has 1 heterocycles. The van der Waals surface area contributed by atoms with Crippen molar-refractivity contribution in [3.63, 3.8) is 0 Å². The van der Waals surface area contributed by atoms with Gasteiger partial charge in [-0.1, -0.05) is 19.1 Å². The zero-order valence-corrected chi connectivity index (χ0v) is 11.8. The molecule has 5 heteroatoms. The van der Waals surface area contributed by atoms with Crippen LogP contribution in [0.4, 0.5) is 5.69 Å². The first-order chi connectivity index (χ1) is 9.63. The van der Waals surface area contributed by atoms with Crippen LogP contribution in [0.25, 0.3) is 0 Å². The van der Waals surface area contributed by atoms with Gasteiger partial charge in [0, 0.05) is 0 Å². The van der Waals surface area contributed by atoms with Gasteiger partial charge in [0.25, 0.3) is 0 Å². The quantitative estimate of drug-likeness (QED) is 0.826. The van der Waals surface area contributed by atoms with Gasteiger partial charge >= 0.3 is 5.97 Å². The number of ether oxygens (including phenoxy) is 1. The zero-order valence-electron chi connectivity index (χ0n) is 11.8. The van der Waals surface area contributed by atoms with Gasteiger partial charge in [-0.3, -0.25) is 4.79 Å². The number of hydrogen-bond donors (Lipinski definition) is 2. The summed E-state index contributed by atoms with van der Waals surface area (Å²) in [6.07, 6.45) is 2.12. The molecule has 1 aliphatic rings. The van der Waals surface area contributed by atoms with Crippen molar-refractivity contribution in [1.82, 2.24) is 5.32 Å². The highest BCUT2D eigenvalue weighted by atomic mass is 16.5. The molecule has 2 N–H and O–H groups in total. The lowest BCUT2D eigenvalue weighted by Crippen LogP contribution is -2.48. The molecule has 1 aromatic rings. The van der Waals surface area contributed by atoms with Crippen LogP contribution in [0.3, 0.4) is 0 Å². The number of nitrogens with one attached hydrogen (secondary N) is 2. The highest BCUT2D eigenvalue weighted by molar-refractivity contribution is 6.02. The monoisotopic (exact) mass is 276 g/mol. The van der Waals surface area contributed by atoms with E-state index in [9.17, 15) is 9.59 Å². The standard InChI is InChI=1S/C15H20N2O3/c1-10-6-5-9-16-13(10)14(18)17-12-8-4-3-7-11(12)15(19)20-2/h3-4,7-8,10,13,16H,5-6,9H2,1-2H3,(H,17,18). The largest absolute Gasteiger partial charge is 0.465 e. The SMILES string of the molecule is COC(=O)c1ccccc1NC(=O)C1NCCCC1C. The summed E-state index contributed by atoms with van der Waals surface area (Å²) in [5, 5.41) is 6.05. The Morgan fingerprint density at radius 2 is 2.10 bits per heavy atom. The molecule has 1 amide bonds. The fourth-order valence-corrected chi connectivity index (χ4v) is 2.49. The van der Waals surface area contributed by atoms with Crippen molar-refractivity contribution in [1.29, 1.82) is 0 Å². The summed E-state index contributed by atoms with van der Waals surface area (Å²) in [4.78, 5) is 24.0. The highest BCUT2D eigenvalue weighted by Crippen LogP contribution is 2.20. The van der Waals surface area contributed by atoms with Crippen LogP contribution in [0.2, 0.25) is 0 Å². The minimum atomic E-state index is -0.453. The van der Waals surface area contributed by atoms with Crippen molar-refractivity contribution in [2.45, 2.75) is 25.8 Å². The predicted molar refractivity (Wildman–Crippen MR) is 76.6 cm³/mol. The third kappa shape index (κ3) is 3.17. The lowest BCUT2D eigenvalue weighted by atomic mass is 9.92. The second kappa shape index (κ2) is 6.52. The molecule has 2 rings (SSSR count). The van der Waals surface area contributed by atoms with Crippen LogP contribution in [0.1, 0.15) is 30.1 Å². The van der Waals surface area contributed by atoms with Crippen molar-refractivity contribution in [2.24, 2.45) is 5.92 Å². The number of para-hydroxylation sites is 1. The first kappa shape index (κ1) is 14.5. The molecule has 5 nitrogen and oxygen atoms in total. The molecular formula is C15H20N2O3. The van der Waals surface area contributed by atoms with Crippen LogP contribution in [0.15, 0.2) is 24.3 Å². The molecule has 0 radical (unpaired) electrons. The smallest absolute Gasteiger partial charge is 0.339 e. The lowest BCUT2D eigenvalue weighted by molar-refractivity contribution is -0.119. The Hall–Kier alpha value is -1.88. The Morgan fingerprint density at radius 3 is 2.80 bits per heavy atom. The minimum absolute atomic E-state index is 0.103. The Morgan fingerprint density at radius 1 is 1.35 bits per heavy atom. The average molecular weight is 276 g/mol. The van der Waals surface area contributed by atoms with E-state index < -0.39 is 5.97 Å². The number of carbonyl (C=O) groups is 2. The van der Waals surface area contributed by atoms with Gasteiger partial charge in [-0.2, -0.15) is 0 Å². The number of esters is 1. The van der Waals surface area contributed by atoms with Crippen molar-refractivity contribution in [3.05, 3.63) is 29.8 Å². The van der Waals surface area contributed by atoms with Gasteiger partial charge in [-0.15, -0.1) is 0 Å². The molecule has 1 aliphatic heterocycles. The highest BCUT2D eigenvalue weighted by Gasteiger charge is 2.28. The number of piperidine rings is 1. The lowest BCUT2D eigenvalue weighted by Gasteiger charge is -2.29. The number of amides is 1. The summed E-state index contributed by atoms with van der Waals surface area (Å²) in [7, 11) is 1.33. The molecule has 1 saturated heterocycles. The van der Waals surface area contributed by atoms with E-state index in [4.69, 9.17) is 4.74 Å². The molecule has 0 bridgehead atoms. The topological polar surface area (TPSA) is 67.4 Å². The van der Waals surface area contributed by atoms with E-state index in [1.54, 1.807) is 24.3 Å². The molecule has 2 atom stereocenters. The molecule has 0 aliphatic carbocycles. The van der Waals surface area contributed by atoms with Crippen LogP contribution in [-0.4, -0.2) is 31.6 Å². The van der Waals surface area contributed by atoms with Gasteiger partial charge in [0.05, 0.1) is 24.4 Å². The molecule has 2 unspecified atom stereocenters. The first-order valence-electron chi connectivity index (χ1n) is 6.85.